The third-order valence-corrected chi connectivity index (χ3v) is 2.25. The van der Waals surface area contributed by atoms with Gasteiger partial charge in [0.05, 0.1) is 11.3 Å². The van der Waals surface area contributed by atoms with Crippen LogP contribution in [-0.2, 0) is 0 Å². The van der Waals surface area contributed by atoms with Gasteiger partial charge < -0.3 is 10.4 Å². The van der Waals surface area contributed by atoms with E-state index in [-0.39, 0.29) is 6.61 Å². The van der Waals surface area contributed by atoms with Crippen molar-refractivity contribution in [2.75, 3.05) is 18.5 Å². The second kappa shape index (κ2) is 5.63. The maximum atomic E-state index is 8.84. The van der Waals surface area contributed by atoms with E-state index in [1.165, 1.54) is 0 Å². The first-order valence-electron chi connectivity index (χ1n) is 4.32. The van der Waals surface area contributed by atoms with Crippen molar-refractivity contribution in [1.82, 2.24) is 0 Å². The van der Waals surface area contributed by atoms with Crippen LogP contribution in [0.4, 0.5) is 5.69 Å². The van der Waals surface area contributed by atoms with Crippen molar-refractivity contribution in [1.29, 1.82) is 5.26 Å². The topological polar surface area (TPSA) is 56.0 Å². The molecule has 0 fully saturated rings. The van der Waals surface area contributed by atoms with Crippen LogP contribution in [0, 0.1) is 11.3 Å². The Balaban J connectivity index is 2.72. The fraction of sp³-hybridized carbons (Fsp3) is 0.300. The highest BCUT2D eigenvalue weighted by atomic mass is 79.9. The number of aliphatic hydroxyl groups is 1. The normalized spacial score (nSPS) is 9.50. The van der Waals surface area contributed by atoms with Crippen molar-refractivity contribution in [2.24, 2.45) is 0 Å². The number of aliphatic hydroxyl groups excluding tert-OH is 1. The summed E-state index contributed by atoms with van der Waals surface area (Å²) in [5.74, 6) is 0. The molecule has 14 heavy (non-hydrogen) atoms. The van der Waals surface area contributed by atoms with Crippen molar-refractivity contribution in [2.45, 2.75) is 6.42 Å². The third-order valence-electron chi connectivity index (χ3n) is 1.75. The van der Waals surface area contributed by atoms with Crippen LogP contribution < -0.4 is 5.32 Å². The van der Waals surface area contributed by atoms with Crippen LogP contribution in [0.2, 0.25) is 0 Å². The Morgan fingerprint density at radius 2 is 2.29 bits per heavy atom. The van der Waals surface area contributed by atoms with E-state index >= 15 is 0 Å². The van der Waals surface area contributed by atoms with Crippen LogP contribution in [0.5, 0.6) is 0 Å². The van der Waals surface area contributed by atoms with Crippen LogP contribution in [0.15, 0.2) is 22.7 Å². The molecule has 74 valence electrons. The SMILES string of the molecule is N#Cc1cc(Br)ccc1NCCCO. The van der Waals surface area contributed by atoms with Gasteiger partial charge in [-0.15, -0.1) is 0 Å². The maximum absolute atomic E-state index is 8.84. The van der Waals surface area contributed by atoms with Gasteiger partial charge in [-0.1, -0.05) is 15.9 Å². The number of rotatable bonds is 4. The molecule has 0 aliphatic rings. The van der Waals surface area contributed by atoms with Gasteiger partial charge in [0.25, 0.3) is 0 Å². The zero-order valence-corrected chi connectivity index (χ0v) is 9.21. The number of nitrogens with one attached hydrogen (secondary N) is 1. The molecule has 0 aliphatic carbocycles. The smallest absolute Gasteiger partial charge is 0.101 e. The van der Waals surface area contributed by atoms with Gasteiger partial charge in [-0.2, -0.15) is 5.26 Å². The van der Waals surface area contributed by atoms with E-state index < -0.39 is 0 Å². The lowest BCUT2D eigenvalue weighted by Gasteiger charge is -2.07. The Bertz CT molecular complexity index is 346. The zero-order chi connectivity index (χ0) is 10.4. The first kappa shape index (κ1) is 11.0. The molecule has 0 bridgehead atoms. The van der Waals surface area contributed by atoms with Crippen molar-refractivity contribution in [3.05, 3.63) is 28.2 Å². The summed E-state index contributed by atoms with van der Waals surface area (Å²) in [7, 11) is 0. The Morgan fingerprint density at radius 3 is 2.93 bits per heavy atom. The largest absolute Gasteiger partial charge is 0.396 e. The molecular formula is C10H11BrN2O. The van der Waals surface area contributed by atoms with E-state index in [1.54, 1.807) is 6.07 Å². The average Bonchev–Trinajstić information content (AvgIpc) is 2.20. The van der Waals surface area contributed by atoms with E-state index in [1.807, 2.05) is 12.1 Å². The molecule has 0 aromatic heterocycles. The molecule has 1 rings (SSSR count). The second-order valence-corrected chi connectivity index (χ2v) is 3.72. The lowest BCUT2D eigenvalue weighted by atomic mass is 10.2. The molecule has 0 saturated carbocycles. The van der Waals surface area contributed by atoms with E-state index in [4.69, 9.17) is 10.4 Å². The molecule has 1 aromatic rings. The first-order chi connectivity index (χ1) is 6.77. The Hall–Kier alpha value is -1.05. The zero-order valence-electron chi connectivity index (χ0n) is 7.63. The van der Waals surface area contributed by atoms with E-state index in [2.05, 4.69) is 27.3 Å². The van der Waals surface area contributed by atoms with Gasteiger partial charge in [-0.05, 0) is 24.6 Å². The number of nitriles is 1. The molecule has 4 heteroatoms. The lowest BCUT2D eigenvalue weighted by molar-refractivity contribution is 0.292. The van der Waals surface area contributed by atoms with Crippen molar-refractivity contribution in [3.8, 4) is 6.07 Å². The summed E-state index contributed by atoms with van der Waals surface area (Å²) in [5, 5.41) is 20.5. The molecule has 0 spiro atoms. The fourth-order valence-electron chi connectivity index (χ4n) is 1.07. The van der Waals surface area contributed by atoms with Crippen molar-refractivity contribution in [3.63, 3.8) is 0 Å². The number of hydrogen-bond acceptors (Lipinski definition) is 3. The van der Waals surface area contributed by atoms with Gasteiger partial charge in [0.1, 0.15) is 6.07 Å². The Labute approximate surface area is 91.5 Å². The second-order valence-electron chi connectivity index (χ2n) is 2.81. The molecule has 0 unspecified atom stereocenters. The number of hydrogen-bond donors (Lipinski definition) is 2. The minimum Gasteiger partial charge on any atom is -0.396 e. The first-order valence-corrected chi connectivity index (χ1v) is 5.11. The predicted octanol–water partition coefficient (Wildman–Crippen LogP) is 2.12. The standard InChI is InChI=1S/C10H11BrN2O/c11-9-2-3-10(8(6-9)7-12)13-4-1-5-14/h2-3,6,13-14H,1,4-5H2. The predicted molar refractivity (Wildman–Crippen MR) is 59.0 cm³/mol. The fourth-order valence-corrected chi connectivity index (χ4v) is 1.43. The highest BCUT2D eigenvalue weighted by Crippen LogP contribution is 2.19. The molecule has 0 aliphatic heterocycles. The summed E-state index contributed by atoms with van der Waals surface area (Å²) in [4.78, 5) is 0. The van der Waals surface area contributed by atoms with Crippen LogP contribution in [0.1, 0.15) is 12.0 Å². The summed E-state index contributed by atoms with van der Waals surface area (Å²) in [5.41, 5.74) is 1.42. The van der Waals surface area contributed by atoms with Gasteiger partial charge in [0.2, 0.25) is 0 Å². The van der Waals surface area contributed by atoms with Gasteiger partial charge in [-0.3, -0.25) is 0 Å². The van der Waals surface area contributed by atoms with Crippen LogP contribution in [0.25, 0.3) is 0 Å². The number of halogens is 1. The van der Waals surface area contributed by atoms with Crippen molar-refractivity contribution >= 4 is 21.6 Å². The third kappa shape index (κ3) is 3.02. The molecule has 3 nitrogen and oxygen atoms in total. The number of anilines is 1. The van der Waals surface area contributed by atoms with Gasteiger partial charge >= 0.3 is 0 Å². The van der Waals surface area contributed by atoms with Crippen LogP contribution in [0.3, 0.4) is 0 Å². The Morgan fingerprint density at radius 1 is 1.50 bits per heavy atom. The summed E-state index contributed by atoms with van der Waals surface area (Å²) < 4.78 is 0.891. The molecule has 1 aromatic carbocycles. The number of benzene rings is 1. The van der Waals surface area contributed by atoms with E-state index in [0.29, 0.717) is 18.5 Å². The quantitative estimate of drug-likeness (QED) is 0.810. The summed E-state index contributed by atoms with van der Waals surface area (Å²) in [6.45, 7) is 0.832. The highest BCUT2D eigenvalue weighted by molar-refractivity contribution is 9.10. The maximum Gasteiger partial charge on any atom is 0.101 e. The van der Waals surface area contributed by atoms with Crippen LogP contribution >= 0.6 is 15.9 Å². The van der Waals surface area contributed by atoms with Gasteiger partial charge in [0, 0.05) is 17.6 Å². The van der Waals surface area contributed by atoms with Gasteiger partial charge in [-0.25, -0.2) is 0 Å². The Kier molecular flexibility index (Phi) is 4.44. The molecule has 0 amide bonds. The summed E-state index contributed by atoms with van der Waals surface area (Å²) in [6.07, 6.45) is 0.681. The monoisotopic (exact) mass is 254 g/mol. The molecule has 2 N–H and O–H groups in total. The van der Waals surface area contributed by atoms with Gasteiger partial charge in [0.15, 0.2) is 0 Å². The molecule has 0 heterocycles. The van der Waals surface area contributed by atoms with E-state index in [0.717, 1.165) is 10.2 Å². The lowest BCUT2D eigenvalue weighted by Crippen LogP contribution is -2.04. The number of nitrogens with zero attached hydrogens (tertiary/aromatic N) is 1. The molecule has 0 atom stereocenters. The average molecular weight is 255 g/mol. The molecular weight excluding hydrogens is 244 g/mol. The minimum atomic E-state index is 0.158. The summed E-state index contributed by atoms with van der Waals surface area (Å²) in [6, 6.07) is 7.60. The van der Waals surface area contributed by atoms with E-state index in [9.17, 15) is 0 Å². The highest BCUT2D eigenvalue weighted by Gasteiger charge is 2.00. The molecule has 0 radical (unpaired) electrons. The van der Waals surface area contributed by atoms with Crippen LogP contribution in [-0.4, -0.2) is 18.3 Å². The summed E-state index contributed by atoms with van der Waals surface area (Å²) >= 11 is 3.30. The van der Waals surface area contributed by atoms with Crippen molar-refractivity contribution < 1.29 is 5.11 Å². The minimum absolute atomic E-state index is 0.158. The molecule has 0 saturated heterocycles.